The molecule has 1 amide bonds. The molecule has 2 aromatic carbocycles. The van der Waals surface area contributed by atoms with E-state index in [0.29, 0.717) is 17.4 Å². The first kappa shape index (κ1) is 19.6. The number of sulfonamides is 1. The molecule has 0 bridgehead atoms. The van der Waals surface area contributed by atoms with Crippen molar-refractivity contribution in [2.24, 2.45) is 0 Å². The molecule has 0 saturated heterocycles. The zero-order valence-electron chi connectivity index (χ0n) is 14.6. The summed E-state index contributed by atoms with van der Waals surface area (Å²) in [5.41, 5.74) is 0.481. The van der Waals surface area contributed by atoms with E-state index in [1.54, 1.807) is 19.1 Å². The number of nitrogens with one attached hydrogen (secondary N) is 2. The molecule has 1 heterocycles. The number of rotatable bonds is 6. The monoisotopic (exact) mass is 406 g/mol. The fraction of sp³-hybridized carbons (Fsp3) is 0.105. The lowest BCUT2D eigenvalue weighted by Crippen LogP contribution is -2.26. The predicted octanol–water partition coefficient (Wildman–Crippen LogP) is 3.85. The Hall–Kier alpha value is -3.20. The summed E-state index contributed by atoms with van der Waals surface area (Å²) in [6.45, 7) is 1.76. The van der Waals surface area contributed by atoms with Gasteiger partial charge < -0.3 is 9.73 Å². The quantitative estimate of drug-likeness (QED) is 0.651. The number of carbonyl (C=O) groups is 1. The molecule has 6 nitrogen and oxygen atoms in total. The van der Waals surface area contributed by atoms with E-state index in [9.17, 15) is 22.0 Å². The maximum Gasteiger partial charge on any atom is 0.261 e. The van der Waals surface area contributed by atoms with Crippen molar-refractivity contribution in [3.05, 3.63) is 83.8 Å². The van der Waals surface area contributed by atoms with Crippen molar-refractivity contribution in [1.82, 2.24) is 5.32 Å². The molecule has 0 saturated carbocycles. The summed E-state index contributed by atoms with van der Waals surface area (Å²) in [5, 5.41) is 2.76. The van der Waals surface area contributed by atoms with Crippen molar-refractivity contribution in [3.63, 3.8) is 0 Å². The molecular weight excluding hydrogens is 390 g/mol. The second kappa shape index (κ2) is 7.81. The minimum Gasteiger partial charge on any atom is -0.467 e. The van der Waals surface area contributed by atoms with Gasteiger partial charge in [-0.2, -0.15) is 0 Å². The van der Waals surface area contributed by atoms with Crippen molar-refractivity contribution in [2.45, 2.75) is 17.9 Å². The van der Waals surface area contributed by atoms with Gasteiger partial charge in [0.15, 0.2) is 11.6 Å². The number of halogens is 2. The topological polar surface area (TPSA) is 88.4 Å². The van der Waals surface area contributed by atoms with Gasteiger partial charge in [0.05, 0.1) is 17.2 Å². The number of anilines is 1. The molecule has 0 unspecified atom stereocenters. The van der Waals surface area contributed by atoms with Crippen LogP contribution in [0.3, 0.4) is 0 Å². The standard InChI is InChI=1S/C19H16F2N2O4S/c1-12(18-3-2-10-27-18)22-19(24)13-4-6-14(7-5-13)23-28(25,26)15-8-9-16(20)17(21)11-15/h2-12,23H,1H3,(H,22,24)/t12-/m0/s1. The highest BCUT2D eigenvalue weighted by Crippen LogP contribution is 2.19. The van der Waals surface area contributed by atoms with Gasteiger partial charge in [-0.1, -0.05) is 0 Å². The number of amides is 1. The lowest BCUT2D eigenvalue weighted by molar-refractivity contribution is 0.0935. The molecular formula is C19H16F2N2O4S. The molecule has 0 aliphatic rings. The second-order valence-electron chi connectivity index (χ2n) is 5.97. The van der Waals surface area contributed by atoms with Gasteiger partial charge >= 0.3 is 0 Å². The van der Waals surface area contributed by atoms with E-state index in [4.69, 9.17) is 4.42 Å². The fourth-order valence-corrected chi connectivity index (χ4v) is 3.51. The molecule has 0 aliphatic heterocycles. The highest BCUT2D eigenvalue weighted by Gasteiger charge is 2.17. The summed E-state index contributed by atoms with van der Waals surface area (Å²) in [4.78, 5) is 11.9. The molecule has 0 aliphatic carbocycles. The zero-order valence-corrected chi connectivity index (χ0v) is 15.5. The third kappa shape index (κ3) is 4.37. The van der Waals surface area contributed by atoms with Crippen LogP contribution < -0.4 is 10.0 Å². The van der Waals surface area contributed by atoms with Crippen LogP contribution in [0, 0.1) is 11.6 Å². The summed E-state index contributed by atoms with van der Waals surface area (Å²) in [5.74, 6) is -2.16. The Morgan fingerprint density at radius 1 is 1.04 bits per heavy atom. The van der Waals surface area contributed by atoms with Crippen LogP contribution in [0.25, 0.3) is 0 Å². The van der Waals surface area contributed by atoms with E-state index in [1.807, 2.05) is 0 Å². The minimum atomic E-state index is -4.10. The van der Waals surface area contributed by atoms with Crippen LogP contribution >= 0.6 is 0 Å². The molecule has 3 aromatic rings. The first-order chi connectivity index (χ1) is 13.3. The van der Waals surface area contributed by atoms with Crippen LogP contribution in [-0.2, 0) is 10.0 Å². The van der Waals surface area contributed by atoms with Gasteiger partial charge in [-0.25, -0.2) is 17.2 Å². The van der Waals surface area contributed by atoms with Crippen molar-refractivity contribution in [3.8, 4) is 0 Å². The Kier molecular flexibility index (Phi) is 5.46. The summed E-state index contributed by atoms with van der Waals surface area (Å²) >= 11 is 0. The third-order valence-corrected chi connectivity index (χ3v) is 5.30. The van der Waals surface area contributed by atoms with E-state index in [1.165, 1.54) is 30.5 Å². The molecule has 146 valence electrons. The normalized spacial score (nSPS) is 12.4. The Labute approximate surface area is 160 Å². The first-order valence-corrected chi connectivity index (χ1v) is 9.67. The van der Waals surface area contributed by atoms with Crippen molar-refractivity contribution >= 4 is 21.6 Å². The van der Waals surface area contributed by atoms with Gasteiger partial charge in [-0.05, 0) is 61.5 Å². The van der Waals surface area contributed by atoms with Gasteiger partial charge in [0.1, 0.15) is 5.76 Å². The van der Waals surface area contributed by atoms with Crippen LogP contribution in [0.5, 0.6) is 0 Å². The summed E-state index contributed by atoms with van der Waals surface area (Å²) in [7, 11) is -4.10. The summed E-state index contributed by atoms with van der Waals surface area (Å²) in [6, 6.07) is 11.1. The smallest absolute Gasteiger partial charge is 0.261 e. The highest BCUT2D eigenvalue weighted by molar-refractivity contribution is 7.92. The van der Waals surface area contributed by atoms with Crippen LogP contribution in [0.2, 0.25) is 0 Å². The number of hydrogen-bond donors (Lipinski definition) is 2. The molecule has 9 heteroatoms. The second-order valence-corrected chi connectivity index (χ2v) is 7.65. The van der Waals surface area contributed by atoms with Gasteiger partial charge in [-0.15, -0.1) is 0 Å². The van der Waals surface area contributed by atoms with Gasteiger partial charge in [0.2, 0.25) is 0 Å². The van der Waals surface area contributed by atoms with Gasteiger partial charge in [0.25, 0.3) is 15.9 Å². The molecule has 0 radical (unpaired) electrons. The molecule has 0 fully saturated rings. The largest absolute Gasteiger partial charge is 0.467 e. The fourth-order valence-electron chi connectivity index (χ4n) is 2.44. The summed E-state index contributed by atoms with van der Waals surface area (Å²) < 4.78 is 58.3. The van der Waals surface area contributed by atoms with E-state index >= 15 is 0 Å². The maximum absolute atomic E-state index is 13.3. The lowest BCUT2D eigenvalue weighted by Gasteiger charge is -2.12. The average Bonchev–Trinajstić information content (AvgIpc) is 3.19. The van der Waals surface area contributed by atoms with Crippen molar-refractivity contribution in [1.29, 1.82) is 0 Å². The van der Waals surface area contributed by atoms with E-state index in [0.717, 1.165) is 12.1 Å². The number of furan rings is 1. The SMILES string of the molecule is C[C@H](NC(=O)c1ccc(NS(=O)(=O)c2ccc(F)c(F)c2)cc1)c1ccco1. The van der Waals surface area contributed by atoms with Gasteiger partial charge in [0, 0.05) is 11.3 Å². The van der Waals surface area contributed by atoms with E-state index < -0.39 is 26.6 Å². The molecule has 3 rings (SSSR count). The summed E-state index contributed by atoms with van der Waals surface area (Å²) in [6.07, 6.45) is 1.51. The number of carbonyl (C=O) groups excluding carboxylic acids is 1. The zero-order chi connectivity index (χ0) is 20.3. The van der Waals surface area contributed by atoms with E-state index in [-0.39, 0.29) is 17.6 Å². The molecule has 0 spiro atoms. The van der Waals surface area contributed by atoms with Crippen LogP contribution in [0.15, 0.2) is 70.2 Å². The Balaban J connectivity index is 1.70. The van der Waals surface area contributed by atoms with Crippen LogP contribution in [0.1, 0.15) is 29.1 Å². The highest BCUT2D eigenvalue weighted by atomic mass is 32.2. The Bertz CT molecular complexity index is 1080. The lowest BCUT2D eigenvalue weighted by atomic mass is 10.1. The molecule has 2 N–H and O–H groups in total. The van der Waals surface area contributed by atoms with Crippen LogP contribution in [0.4, 0.5) is 14.5 Å². The van der Waals surface area contributed by atoms with Crippen molar-refractivity contribution < 1.29 is 26.4 Å². The van der Waals surface area contributed by atoms with Crippen LogP contribution in [-0.4, -0.2) is 14.3 Å². The Morgan fingerprint density at radius 2 is 1.75 bits per heavy atom. The third-order valence-electron chi connectivity index (χ3n) is 3.92. The van der Waals surface area contributed by atoms with Gasteiger partial charge in [-0.3, -0.25) is 9.52 Å². The molecule has 28 heavy (non-hydrogen) atoms. The number of benzene rings is 2. The molecule has 1 aromatic heterocycles. The molecule has 1 atom stereocenters. The van der Waals surface area contributed by atoms with E-state index in [2.05, 4.69) is 10.0 Å². The predicted molar refractivity (Wildman–Crippen MR) is 98.2 cm³/mol. The first-order valence-electron chi connectivity index (χ1n) is 8.18. The maximum atomic E-state index is 13.3. The average molecular weight is 406 g/mol. The number of hydrogen-bond acceptors (Lipinski definition) is 4. The minimum absolute atomic E-state index is 0.167. The van der Waals surface area contributed by atoms with Crippen molar-refractivity contribution in [2.75, 3.05) is 4.72 Å². The Morgan fingerprint density at radius 3 is 2.36 bits per heavy atom.